The van der Waals surface area contributed by atoms with E-state index in [1.54, 1.807) is 0 Å². The van der Waals surface area contributed by atoms with E-state index in [0.717, 1.165) is 87.3 Å². The third-order valence-electron chi connectivity index (χ3n) is 9.57. The molecule has 1 aromatic carbocycles. The predicted octanol–water partition coefficient (Wildman–Crippen LogP) is 2.71. The van der Waals surface area contributed by atoms with Crippen molar-refractivity contribution in [3.05, 3.63) is 54.4 Å². The van der Waals surface area contributed by atoms with Gasteiger partial charge >= 0.3 is 0 Å². The molecule has 2 aliphatic heterocycles. The molecule has 0 unspecified atom stereocenters. The molecule has 3 aliphatic rings. The van der Waals surface area contributed by atoms with E-state index in [-0.39, 0.29) is 36.1 Å². The quantitative estimate of drug-likeness (QED) is 0.470. The molecular weight excluding hydrogens is 504 g/mol. The molecule has 1 amide bonds. The molecule has 9 nitrogen and oxygen atoms in total. The lowest BCUT2D eigenvalue weighted by Gasteiger charge is -2.43. The number of likely N-dealkylation sites (tertiary alicyclic amines) is 1. The molecule has 6 rings (SSSR count). The first-order valence-electron chi connectivity index (χ1n) is 14.7. The first kappa shape index (κ1) is 27.2. The Kier molecular flexibility index (Phi) is 7.56. The van der Waals surface area contributed by atoms with E-state index in [4.69, 9.17) is 10.5 Å². The van der Waals surface area contributed by atoms with Crippen LogP contribution in [0.3, 0.4) is 0 Å². The van der Waals surface area contributed by atoms with Crippen molar-refractivity contribution in [1.82, 2.24) is 19.4 Å². The number of methoxy groups -OCH3 is 1. The number of piperazine rings is 1. The van der Waals surface area contributed by atoms with Gasteiger partial charge in [0.2, 0.25) is 5.91 Å². The Labute approximate surface area is 236 Å². The molecule has 0 radical (unpaired) electrons. The number of hydrogen-bond acceptors (Lipinski definition) is 7. The van der Waals surface area contributed by atoms with Crippen LogP contribution < -0.4 is 10.6 Å². The van der Waals surface area contributed by atoms with Crippen LogP contribution in [0.15, 0.2) is 48.8 Å². The van der Waals surface area contributed by atoms with Crippen LogP contribution in [0.4, 0.5) is 5.69 Å². The predicted molar refractivity (Wildman–Crippen MR) is 156 cm³/mol. The number of hydrogen-bond donors (Lipinski definition) is 2. The van der Waals surface area contributed by atoms with Crippen LogP contribution in [0.2, 0.25) is 0 Å². The van der Waals surface area contributed by atoms with Crippen molar-refractivity contribution in [2.24, 2.45) is 11.7 Å². The van der Waals surface area contributed by atoms with Gasteiger partial charge in [0.1, 0.15) is 0 Å². The minimum Gasteiger partial charge on any atom is -0.395 e. The van der Waals surface area contributed by atoms with E-state index >= 15 is 0 Å². The Morgan fingerprint density at radius 1 is 1.07 bits per heavy atom. The van der Waals surface area contributed by atoms with E-state index in [9.17, 15) is 9.90 Å². The smallest absolute Gasteiger partial charge is 0.225 e. The molecule has 0 spiro atoms. The van der Waals surface area contributed by atoms with Gasteiger partial charge in [-0.15, -0.1) is 0 Å². The van der Waals surface area contributed by atoms with Gasteiger partial charge < -0.3 is 25.4 Å². The summed E-state index contributed by atoms with van der Waals surface area (Å²) in [5.74, 6) is 0.394. The van der Waals surface area contributed by atoms with Crippen molar-refractivity contribution in [1.29, 1.82) is 0 Å². The van der Waals surface area contributed by atoms with Crippen LogP contribution >= 0.6 is 0 Å². The molecule has 0 bridgehead atoms. The maximum atomic E-state index is 12.8. The van der Waals surface area contributed by atoms with Gasteiger partial charge in [0, 0.05) is 82.3 Å². The summed E-state index contributed by atoms with van der Waals surface area (Å²) >= 11 is 0. The maximum absolute atomic E-state index is 12.8. The Balaban J connectivity index is 1.16. The number of carbonyl (C=O) groups excluding carboxylic acids is 1. The van der Waals surface area contributed by atoms with Gasteiger partial charge in [0.15, 0.2) is 0 Å². The molecule has 3 aromatic rings. The highest BCUT2D eigenvalue weighted by Crippen LogP contribution is 2.38. The molecule has 214 valence electrons. The molecular formula is C31H42N6O3. The number of nitrogens with two attached hydrogens (primary N) is 1. The number of anilines is 1. The monoisotopic (exact) mass is 546 g/mol. The first-order chi connectivity index (χ1) is 19.4. The van der Waals surface area contributed by atoms with Crippen molar-refractivity contribution in [3.63, 3.8) is 0 Å². The topological polar surface area (TPSA) is 99.6 Å². The van der Waals surface area contributed by atoms with Gasteiger partial charge in [-0.25, -0.2) is 4.52 Å². The SMILES string of the molecule is COC1(c2ccc(-c3cc4c(N5CCN(C(=O)C6CC(N)C6)CC5)ccnn4c3)cc2)CCN([C@@H](C)CO)CC1. The Morgan fingerprint density at radius 2 is 1.77 bits per heavy atom. The average Bonchev–Trinajstić information content (AvgIpc) is 3.44. The van der Waals surface area contributed by atoms with Crippen LogP contribution in [-0.4, -0.2) is 95.5 Å². The standard InChI is InChI=1S/C31H42N6O3/c1-22(21-38)34-11-8-31(40-2,9-12-34)26-5-3-23(4-6-26)25-19-29-28(7-10-33-37(29)20-25)35-13-15-36(16-14-35)30(39)24-17-27(32)18-24/h3-7,10,19-20,22,24,27,38H,8-9,11-18,21,32H2,1-2H3/t22-,24?,27?/m0/s1. The van der Waals surface area contributed by atoms with Crippen molar-refractivity contribution in [2.75, 3.05) is 57.9 Å². The van der Waals surface area contributed by atoms with Crippen molar-refractivity contribution in [2.45, 2.75) is 50.3 Å². The molecule has 40 heavy (non-hydrogen) atoms. The van der Waals surface area contributed by atoms with Crippen LogP contribution in [0.25, 0.3) is 16.6 Å². The molecule has 3 fully saturated rings. The largest absolute Gasteiger partial charge is 0.395 e. The maximum Gasteiger partial charge on any atom is 0.225 e. The summed E-state index contributed by atoms with van der Waals surface area (Å²) in [6.07, 6.45) is 7.41. The van der Waals surface area contributed by atoms with E-state index in [1.807, 2.05) is 22.7 Å². The molecule has 4 heterocycles. The number of amides is 1. The summed E-state index contributed by atoms with van der Waals surface area (Å²) < 4.78 is 8.07. The highest BCUT2D eigenvalue weighted by Gasteiger charge is 2.38. The van der Waals surface area contributed by atoms with E-state index in [1.165, 1.54) is 5.56 Å². The van der Waals surface area contributed by atoms with Crippen molar-refractivity contribution >= 4 is 17.1 Å². The third kappa shape index (κ3) is 5.00. The Bertz CT molecular complexity index is 1320. The van der Waals surface area contributed by atoms with Gasteiger partial charge in [-0.1, -0.05) is 24.3 Å². The highest BCUT2D eigenvalue weighted by atomic mass is 16.5. The highest BCUT2D eigenvalue weighted by molar-refractivity contribution is 5.82. The number of fused-ring (bicyclic) bond motifs is 1. The number of rotatable bonds is 7. The fourth-order valence-corrected chi connectivity index (χ4v) is 6.73. The van der Waals surface area contributed by atoms with Crippen LogP contribution in [0.5, 0.6) is 0 Å². The van der Waals surface area contributed by atoms with Crippen LogP contribution in [-0.2, 0) is 15.1 Å². The minimum atomic E-state index is -0.293. The van der Waals surface area contributed by atoms with Crippen molar-refractivity contribution in [3.8, 4) is 11.1 Å². The number of nitrogens with zero attached hydrogens (tertiary/aromatic N) is 5. The number of aliphatic hydroxyl groups excluding tert-OH is 1. The zero-order valence-electron chi connectivity index (χ0n) is 23.7. The van der Waals surface area contributed by atoms with Crippen molar-refractivity contribution < 1.29 is 14.6 Å². The lowest BCUT2D eigenvalue weighted by Crippen LogP contribution is -2.53. The minimum absolute atomic E-state index is 0.121. The summed E-state index contributed by atoms with van der Waals surface area (Å²) in [7, 11) is 1.81. The fraction of sp³-hybridized carbons (Fsp3) is 0.548. The number of ether oxygens (including phenoxy) is 1. The van der Waals surface area contributed by atoms with Gasteiger partial charge in [-0.2, -0.15) is 5.10 Å². The van der Waals surface area contributed by atoms with E-state index < -0.39 is 0 Å². The summed E-state index contributed by atoms with van der Waals surface area (Å²) in [4.78, 5) is 19.5. The van der Waals surface area contributed by atoms with E-state index in [0.29, 0.717) is 0 Å². The van der Waals surface area contributed by atoms with Crippen LogP contribution in [0, 0.1) is 5.92 Å². The fourth-order valence-electron chi connectivity index (χ4n) is 6.73. The zero-order valence-corrected chi connectivity index (χ0v) is 23.7. The summed E-state index contributed by atoms with van der Waals surface area (Å²) in [5.41, 5.74) is 11.3. The van der Waals surface area contributed by atoms with Gasteiger partial charge in [0.25, 0.3) is 0 Å². The second kappa shape index (κ2) is 11.1. The number of benzene rings is 1. The second-order valence-corrected chi connectivity index (χ2v) is 11.9. The van der Waals surface area contributed by atoms with Gasteiger partial charge in [0.05, 0.1) is 23.4 Å². The number of aliphatic hydroxyl groups is 1. The third-order valence-corrected chi connectivity index (χ3v) is 9.57. The van der Waals surface area contributed by atoms with Gasteiger partial charge in [-0.3, -0.25) is 9.69 Å². The molecule has 9 heteroatoms. The second-order valence-electron chi connectivity index (χ2n) is 11.9. The number of piperidine rings is 1. The molecule has 2 aromatic heterocycles. The lowest BCUT2D eigenvalue weighted by molar-refractivity contribution is -0.139. The molecule has 1 atom stereocenters. The lowest BCUT2D eigenvalue weighted by atomic mass is 9.80. The van der Waals surface area contributed by atoms with E-state index in [2.05, 4.69) is 64.4 Å². The van der Waals surface area contributed by atoms with Crippen LogP contribution in [0.1, 0.15) is 38.2 Å². The molecule has 2 saturated heterocycles. The zero-order chi connectivity index (χ0) is 27.9. The Hall–Kier alpha value is -2.98. The summed E-state index contributed by atoms with van der Waals surface area (Å²) in [6.45, 7) is 7.19. The number of carbonyl (C=O) groups is 1. The summed E-state index contributed by atoms with van der Waals surface area (Å²) in [6, 6.07) is 13.4. The first-order valence-corrected chi connectivity index (χ1v) is 14.7. The van der Waals surface area contributed by atoms with Gasteiger partial charge in [-0.05, 0) is 55.9 Å². The normalized spacial score (nSPS) is 24.2. The Morgan fingerprint density at radius 3 is 2.40 bits per heavy atom. The molecule has 1 saturated carbocycles. The average molecular weight is 547 g/mol. The molecule has 1 aliphatic carbocycles. The molecule has 3 N–H and O–H groups in total. The number of aromatic nitrogens is 2. The summed E-state index contributed by atoms with van der Waals surface area (Å²) in [5, 5.41) is 14.1.